The van der Waals surface area contributed by atoms with Gasteiger partial charge >= 0.3 is 0 Å². The largest absolute Gasteiger partial charge is 0.393 e. The highest BCUT2D eigenvalue weighted by atomic mass is 32.1. The Bertz CT molecular complexity index is 967. The second kappa shape index (κ2) is 7.32. The molecule has 1 atom stereocenters. The van der Waals surface area contributed by atoms with Crippen LogP contribution in [0, 0.1) is 12.8 Å². The number of aryl methyl sites for hydroxylation is 1. The zero-order valence-corrected chi connectivity index (χ0v) is 16.2. The summed E-state index contributed by atoms with van der Waals surface area (Å²) in [6.45, 7) is 4.02. The number of nitrogens with one attached hydrogen (secondary N) is 1. The summed E-state index contributed by atoms with van der Waals surface area (Å²) >= 11 is 1.55. The van der Waals surface area contributed by atoms with E-state index in [1.54, 1.807) is 23.7 Å². The van der Waals surface area contributed by atoms with Gasteiger partial charge in [0.2, 0.25) is 5.95 Å². The minimum absolute atomic E-state index is 0.0261. The molecule has 3 aromatic rings. The van der Waals surface area contributed by atoms with Gasteiger partial charge in [0.1, 0.15) is 5.69 Å². The number of rotatable bonds is 6. The number of aromatic nitrogens is 3. The molecule has 0 aromatic carbocycles. The zero-order chi connectivity index (χ0) is 19.0. The molecule has 1 saturated carbocycles. The molecule has 0 amide bonds. The molecule has 0 spiro atoms. The molecule has 1 aliphatic carbocycles. The molecule has 3 heterocycles. The number of aliphatic hydroxyl groups is 1. The van der Waals surface area contributed by atoms with Gasteiger partial charge in [-0.2, -0.15) is 0 Å². The lowest BCUT2D eigenvalue weighted by atomic mass is 9.79. The van der Waals surface area contributed by atoms with Crippen LogP contribution in [0.1, 0.15) is 53.2 Å². The van der Waals surface area contributed by atoms with Crippen molar-refractivity contribution in [3.05, 3.63) is 46.7 Å². The Morgan fingerprint density at radius 3 is 2.93 bits per heavy atom. The van der Waals surface area contributed by atoms with Crippen LogP contribution in [-0.2, 0) is 0 Å². The molecule has 0 saturated heterocycles. The third kappa shape index (κ3) is 3.84. The molecule has 6 nitrogen and oxygen atoms in total. The van der Waals surface area contributed by atoms with Crippen LogP contribution < -0.4 is 5.32 Å². The molecule has 0 bridgehead atoms. The first-order chi connectivity index (χ1) is 13.0. The van der Waals surface area contributed by atoms with E-state index in [-0.39, 0.29) is 23.8 Å². The number of hydrogen-bond acceptors (Lipinski definition) is 7. The van der Waals surface area contributed by atoms with Crippen molar-refractivity contribution in [2.45, 2.75) is 45.3 Å². The monoisotopic (exact) mass is 382 g/mol. The lowest BCUT2D eigenvalue weighted by molar-refractivity contribution is 0.0380. The van der Waals surface area contributed by atoms with E-state index in [0.717, 1.165) is 20.7 Å². The second-order valence-corrected chi connectivity index (χ2v) is 8.49. The Morgan fingerprint density at radius 1 is 1.41 bits per heavy atom. The number of anilines is 1. The summed E-state index contributed by atoms with van der Waals surface area (Å²) in [5, 5.41) is 12.8. The molecular weight excluding hydrogens is 360 g/mol. The average Bonchev–Trinajstić information content (AvgIpc) is 3.00. The number of carbonyl (C=O) groups is 1. The summed E-state index contributed by atoms with van der Waals surface area (Å²) in [6, 6.07) is 5.85. The number of Topliss-reactive ketones (excluding diaryl/α,β-unsaturated/α-hetero) is 1. The molecule has 0 aliphatic heterocycles. The van der Waals surface area contributed by atoms with Gasteiger partial charge in [0.05, 0.1) is 22.4 Å². The van der Waals surface area contributed by atoms with Gasteiger partial charge in [-0.15, -0.1) is 11.3 Å². The Hall–Kier alpha value is -2.38. The molecule has 0 unspecified atom stereocenters. The van der Waals surface area contributed by atoms with Crippen LogP contribution in [-0.4, -0.2) is 31.9 Å². The molecule has 3 aromatic heterocycles. The van der Waals surface area contributed by atoms with Crippen molar-refractivity contribution >= 4 is 33.3 Å². The zero-order valence-electron chi connectivity index (χ0n) is 15.3. The SMILES string of the molecule is Cc1cc2nc(N[C@@H](C)c3cccnc3)nc(C(=O)CC3CC(O)C3)c2s1. The quantitative estimate of drug-likeness (QED) is 0.629. The fourth-order valence-corrected chi connectivity index (χ4v) is 4.40. The average molecular weight is 382 g/mol. The first-order valence-corrected chi connectivity index (χ1v) is 9.97. The van der Waals surface area contributed by atoms with Crippen LogP contribution in [0.3, 0.4) is 0 Å². The van der Waals surface area contributed by atoms with Crippen molar-refractivity contribution in [1.29, 1.82) is 0 Å². The van der Waals surface area contributed by atoms with E-state index in [4.69, 9.17) is 0 Å². The maximum absolute atomic E-state index is 12.9. The minimum Gasteiger partial charge on any atom is -0.393 e. The maximum atomic E-state index is 12.9. The number of aliphatic hydroxyl groups excluding tert-OH is 1. The number of hydrogen-bond donors (Lipinski definition) is 2. The Kier molecular flexibility index (Phi) is 4.88. The Balaban J connectivity index is 1.62. The van der Waals surface area contributed by atoms with Gasteiger partial charge in [0, 0.05) is 23.7 Å². The predicted octanol–water partition coefficient (Wildman–Crippen LogP) is 3.91. The highest BCUT2D eigenvalue weighted by Crippen LogP contribution is 2.34. The van der Waals surface area contributed by atoms with E-state index in [0.29, 0.717) is 30.9 Å². The summed E-state index contributed by atoms with van der Waals surface area (Å²) in [5.41, 5.74) is 2.31. The molecule has 1 fully saturated rings. The molecular formula is C20H22N4O2S. The molecule has 140 valence electrons. The van der Waals surface area contributed by atoms with E-state index in [9.17, 15) is 9.90 Å². The lowest BCUT2D eigenvalue weighted by Crippen LogP contribution is -2.30. The van der Waals surface area contributed by atoms with Crippen molar-refractivity contribution in [2.75, 3.05) is 5.32 Å². The standard InChI is InChI=1S/C20H22N4O2S/c1-11-6-16-19(27-11)18(17(26)9-13-7-15(25)8-13)24-20(23-16)22-12(2)14-4-3-5-21-10-14/h3-6,10,12-13,15,25H,7-9H2,1-2H3,(H,22,23,24)/t12-,13?,15?/m0/s1. The predicted molar refractivity (Wildman–Crippen MR) is 106 cm³/mol. The number of ketones is 1. The summed E-state index contributed by atoms with van der Waals surface area (Å²) in [4.78, 5) is 27.3. The van der Waals surface area contributed by atoms with Gasteiger partial charge in [0.15, 0.2) is 5.78 Å². The fourth-order valence-electron chi connectivity index (χ4n) is 3.44. The van der Waals surface area contributed by atoms with Gasteiger partial charge in [-0.3, -0.25) is 9.78 Å². The smallest absolute Gasteiger partial charge is 0.224 e. The highest BCUT2D eigenvalue weighted by Gasteiger charge is 2.30. The third-order valence-electron chi connectivity index (χ3n) is 4.97. The molecule has 4 rings (SSSR count). The summed E-state index contributed by atoms with van der Waals surface area (Å²) < 4.78 is 0.844. The van der Waals surface area contributed by atoms with Crippen LogP contribution >= 0.6 is 11.3 Å². The third-order valence-corrected chi connectivity index (χ3v) is 6.02. The van der Waals surface area contributed by atoms with Gasteiger partial charge in [-0.1, -0.05) is 6.07 Å². The van der Waals surface area contributed by atoms with Crippen LogP contribution in [0.25, 0.3) is 10.2 Å². The van der Waals surface area contributed by atoms with Gasteiger partial charge < -0.3 is 10.4 Å². The van der Waals surface area contributed by atoms with Gasteiger partial charge in [-0.05, 0) is 50.3 Å². The Morgan fingerprint density at radius 2 is 2.22 bits per heavy atom. The maximum Gasteiger partial charge on any atom is 0.224 e. The van der Waals surface area contributed by atoms with Crippen LogP contribution in [0.2, 0.25) is 0 Å². The molecule has 7 heteroatoms. The van der Waals surface area contributed by atoms with E-state index in [2.05, 4.69) is 20.3 Å². The van der Waals surface area contributed by atoms with Gasteiger partial charge in [0.25, 0.3) is 0 Å². The summed E-state index contributed by atoms with van der Waals surface area (Å²) in [7, 11) is 0. The van der Waals surface area contributed by atoms with Crippen molar-refractivity contribution in [3.63, 3.8) is 0 Å². The van der Waals surface area contributed by atoms with Crippen LogP contribution in [0.5, 0.6) is 0 Å². The van der Waals surface area contributed by atoms with Gasteiger partial charge in [-0.25, -0.2) is 9.97 Å². The second-order valence-electron chi connectivity index (χ2n) is 7.24. The molecule has 27 heavy (non-hydrogen) atoms. The lowest BCUT2D eigenvalue weighted by Gasteiger charge is -2.30. The van der Waals surface area contributed by atoms with Crippen LogP contribution in [0.4, 0.5) is 5.95 Å². The van der Waals surface area contributed by atoms with Crippen molar-refractivity contribution in [3.8, 4) is 0 Å². The first-order valence-electron chi connectivity index (χ1n) is 9.15. The Labute approximate surface area is 161 Å². The molecule has 2 N–H and O–H groups in total. The van der Waals surface area contributed by atoms with E-state index in [1.165, 1.54) is 0 Å². The van der Waals surface area contributed by atoms with Crippen molar-refractivity contribution in [1.82, 2.24) is 15.0 Å². The number of thiophene rings is 1. The van der Waals surface area contributed by atoms with E-state index >= 15 is 0 Å². The first kappa shape index (κ1) is 18.0. The normalized spacial score (nSPS) is 20.3. The fraction of sp³-hybridized carbons (Fsp3) is 0.400. The topological polar surface area (TPSA) is 88.0 Å². The summed E-state index contributed by atoms with van der Waals surface area (Å²) in [5.74, 6) is 0.733. The minimum atomic E-state index is -0.255. The van der Waals surface area contributed by atoms with Crippen molar-refractivity contribution < 1.29 is 9.90 Å². The van der Waals surface area contributed by atoms with Crippen molar-refractivity contribution in [2.24, 2.45) is 5.92 Å². The van der Waals surface area contributed by atoms with E-state index < -0.39 is 0 Å². The molecule has 1 aliphatic rings. The summed E-state index contributed by atoms with van der Waals surface area (Å²) in [6.07, 6.45) is 5.12. The van der Waals surface area contributed by atoms with Crippen LogP contribution in [0.15, 0.2) is 30.6 Å². The highest BCUT2D eigenvalue weighted by molar-refractivity contribution is 7.19. The molecule has 0 radical (unpaired) electrons. The number of carbonyl (C=O) groups excluding carboxylic acids is 1. The number of pyridine rings is 1. The number of fused-ring (bicyclic) bond motifs is 1. The number of nitrogens with zero attached hydrogens (tertiary/aromatic N) is 3. The van der Waals surface area contributed by atoms with E-state index in [1.807, 2.05) is 32.0 Å².